The number of nitrogen functional groups attached to an aromatic ring is 1. The average Bonchev–Trinajstić information content (AvgIpc) is 3.33. The number of para-hydroxylation sites is 1. The largest absolute Gasteiger partial charge is 0.382 e. The van der Waals surface area contributed by atoms with Crippen LogP contribution in [0.5, 0.6) is 0 Å². The minimum absolute atomic E-state index is 0.242. The maximum absolute atomic E-state index is 12.4. The van der Waals surface area contributed by atoms with E-state index in [9.17, 15) is 10.1 Å². The Morgan fingerprint density at radius 1 is 1.25 bits per heavy atom. The molecule has 0 aliphatic heterocycles. The molecule has 0 bridgehead atoms. The number of H-pyrrole nitrogens is 1. The highest BCUT2D eigenvalue weighted by Crippen LogP contribution is 2.22. The minimum atomic E-state index is -0.301. The molecule has 0 fully saturated rings. The number of nitriles is 1. The van der Waals surface area contributed by atoms with Crippen molar-refractivity contribution in [3.8, 4) is 11.8 Å². The highest BCUT2D eigenvalue weighted by atomic mass is 16.1. The molecule has 3 heterocycles. The molecule has 4 rings (SSSR count). The van der Waals surface area contributed by atoms with E-state index in [1.165, 1.54) is 6.20 Å². The van der Waals surface area contributed by atoms with Crippen molar-refractivity contribution in [1.82, 2.24) is 29.5 Å². The predicted molar refractivity (Wildman–Crippen MR) is 123 cm³/mol. The van der Waals surface area contributed by atoms with Crippen molar-refractivity contribution in [2.24, 2.45) is 0 Å². The van der Waals surface area contributed by atoms with Gasteiger partial charge in [0.2, 0.25) is 5.95 Å². The van der Waals surface area contributed by atoms with Gasteiger partial charge in [-0.15, -0.1) is 0 Å². The molecule has 3 aromatic heterocycles. The van der Waals surface area contributed by atoms with Crippen LogP contribution < -0.4 is 16.6 Å². The third kappa shape index (κ3) is 3.92. The van der Waals surface area contributed by atoms with Crippen LogP contribution in [0.25, 0.3) is 16.7 Å². The summed E-state index contributed by atoms with van der Waals surface area (Å²) in [6.45, 7) is 6.54. The molecule has 0 radical (unpaired) electrons. The van der Waals surface area contributed by atoms with Crippen LogP contribution in [-0.2, 0) is 12.0 Å². The first kappa shape index (κ1) is 21.1. The van der Waals surface area contributed by atoms with Gasteiger partial charge < -0.3 is 11.1 Å². The number of nitrogens with two attached hydrogens (primary N) is 1. The summed E-state index contributed by atoms with van der Waals surface area (Å²) in [5.74, 6) is 0.705. The lowest BCUT2D eigenvalue weighted by atomic mass is 10.1. The highest BCUT2D eigenvalue weighted by molar-refractivity contribution is 5.74. The van der Waals surface area contributed by atoms with Gasteiger partial charge in [-0.25, -0.2) is 9.36 Å². The summed E-state index contributed by atoms with van der Waals surface area (Å²) in [5.41, 5.74) is 7.97. The summed E-state index contributed by atoms with van der Waals surface area (Å²) < 4.78 is 3.32. The number of fused-ring (bicyclic) bond motifs is 1. The highest BCUT2D eigenvalue weighted by Gasteiger charge is 2.20. The maximum atomic E-state index is 12.4. The number of nitrogens with one attached hydrogen (secondary N) is 2. The quantitative estimate of drug-likeness (QED) is 0.398. The number of hydrogen-bond donors (Lipinski definition) is 3. The van der Waals surface area contributed by atoms with Crippen LogP contribution in [0.4, 0.5) is 11.8 Å². The van der Waals surface area contributed by atoms with Crippen LogP contribution in [0.1, 0.15) is 38.4 Å². The van der Waals surface area contributed by atoms with Crippen LogP contribution in [0.3, 0.4) is 0 Å². The summed E-state index contributed by atoms with van der Waals surface area (Å²) >= 11 is 0. The van der Waals surface area contributed by atoms with Crippen LogP contribution in [0, 0.1) is 11.3 Å². The number of nitrogens with zero attached hydrogens (tertiary/aromatic N) is 6. The van der Waals surface area contributed by atoms with E-state index >= 15 is 0 Å². The van der Waals surface area contributed by atoms with Crippen molar-refractivity contribution in [2.45, 2.75) is 39.2 Å². The molecule has 0 saturated carbocycles. The third-order valence-corrected chi connectivity index (χ3v) is 5.06. The Hall–Kier alpha value is -4.13. The fraction of sp³-hybridized carbons (Fsp3) is 0.318. The first-order chi connectivity index (χ1) is 15.3. The molecule has 0 aliphatic rings. The first-order valence-electron chi connectivity index (χ1n) is 10.3. The van der Waals surface area contributed by atoms with Crippen LogP contribution in [0.2, 0.25) is 0 Å². The van der Waals surface area contributed by atoms with E-state index in [1.54, 1.807) is 9.36 Å². The van der Waals surface area contributed by atoms with E-state index in [0.717, 1.165) is 5.69 Å². The van der Waals surface area contributed by atoms with Gasteiger partial charge in [0.1, 0.15) is 22.8 Å². The fourth-order valence-corrected chi connectivity index (χ4v) is 3.50. The van der Waals surface area contributed by atoms with Crippen LogP contribution >= 0.6 is 0 Å². The van der Waals surface area contributed by atoms with E-state index in [2.05, 4.69) is 31.6 Å². The molecular formula is C22H25N9O. The monoisotopic (exact) mass is 431 g/mol. The lowest BCUT2D eigenvalue weighted by Gasteiger charge is -2.19. The average molecular weight is 432 g/mol. The Morgan fingerprint density at radius 2 is 2.00 bits per heavy atom. The third-order valence-electron chi connectivity index (χ3n) is 5.06. The molecule has 0 saturated heterocycles. The normalized spacial score (nSPS) is 11.6. The number of anilines is 2. The summed E-state index contributed by atoms with van der Waals surface area (Å²) in [4.78, 5) is 19.7. The van der Waals surface area contributed by atoms with E-state index in [1.807, 2.05) is 51.1 Å². The molecule has 4 N–H and O–H groups in total. The van der Waals surface area contributed by atoms with E-state index in [4.69, 9.17) is 5.73 Å². The molecule has 0 aliphatic carbocycles. The lowest BCUT2D eigenvalue weighted by molar-refractivity contribution is 0.366. The van der Waals surface area contributed by atoms with Crippen LogP contribution in [-0.4, -0.2) is 36.1 Å². The molecule has 0 unspecified atom stereocenters. The van der Waals surface area contributed by atoms with Crippen molar-refractivity contribution >= 4 is 22.8 Å². The Balaban J connectivity index is 1.48. The second-order valence-corrected chi connectivity index (χ2v) is 8.48. The van der Waals surface area contributed by atoms with Gasteiger partial charge in [-0.1, -0.05) is 18.2 Å². The van der Waals surface area contributed by atoms with Crippen molar-refractivity contribution in [1.29, 1.82) is 5.26 Å². The van der Waals surface area contributed by atoms with E-state index in [0.29, 0.717) is 53.4 Å². The number of benzene rings is 1. The standard InChI is InChI=1S/C22H25N9O/c1-22(2,3)31-19-16(13-26-31)20(32)28-21(27-19)25-11-7-10-17-15(12-23)18(24)30(29-17)14-8-5-4-6-9-14/h4-6,8-9,13H,7,10-11,24H2,1-3H3,(H2,25,27,28,32). The Morgan fingerprint density at radius 3 is 2.69 bits per heavy atom. The summed E-state index contributed by atoms with van der Waals surface area (Å²) in [5, 5.41) is 22.0. The van der Waals surface area contributed by atoms with Gasteiger partial charge in [0.15, 0.2) is 5.65 Å². The molecular weight excluding hydrogens is 406 g/mol. The number of rotatable bonds is 6. The minimum Gasteiger partial charge on any atom is -0.382 e. The van der Waals surface area contributed by atoms with Crippen LogP contribution in [0.15, 0.2) is 41.3 Å². The molecule has 10 nitrogen and oxygen atoms in total. The molecule has 10 heteroatoms. The molecule has 0 spiro atoms. The summed E-state index contributed by atoms with van der Waals surface area (Å²) in [6.07, 6.45) is 2.75. The first-order valence-corrected chi connectivity index (χ1v) is 10.3. The second kappa shape index (κ2) is 8.19. The Labute approximate surface area is 184 Å². The SMILES string of the molecule is CC(C)(C)n1ncc2c(=O)[nH]c(NCCCc3nn(-c4ccccc4)c(N)c3C#N)nc21. The topological polar surface area (TPSA) is 143 Å². The zero-order valence-electron chi connectivity index (χ0n) is 18.3. The number of hydrogen-bond acceptors (Lipinski definition) is 7. The molecule has 4 aromatic rings. The van der Waals surface area contributed by atoms with E-state index < -0.39 is 0 Å². The second-order valence-electron chi connectivity index (χ2n) is 8.48. The smallest absolute Gasteiger partial charge is 0.263 e. The van der Waals surface area contributed by atoms with Gasteiger partial charge >= 0.3 is 0 Å². The number of aromatic nitrogens is 6. The zero-order chi connectivity index (χ0) is 22.9. The van der Waals surface area contributed by atoms with Crippen molar-refractivity contribution in [3.63, 3.8) is 0 Å². The van der Waals surface area contributed by atoms with Gasteiger partial charge in [0.25, 0.3) is 5.56 Å². The molecule has 1 aromatic carbocycles. The maximum Gasteiger partial charge on any atom is 0.263 e. The van der Waals surface area contributed by atoms with Gasteiger partial charge in [-0.2, -0.15) is 20.4 Å². The molecule has 0 atom stereocenters. The summed E-state index contributed by atoms with van der Waals surface area (Å²) in [6, 6.07) is 11.6. The lowest BCUT2D eigenvalue weighted by Crippen LogP contribution is -2.24. The van der Waals surface area contributed by atoms with E-state index in [-0.39, 0.29) is 11.1 Å². The van der Waals surface area contributed by atoms with Gasteiger partial charge in [0.05, 0.1) is 23.1 Å². The number of aryl methyl sites for hydroxylation is 1. The predicted octanol–water partition coefficient (Wildman–Crippen LogP) is 2.56. The van der Waals surface area contributed by atoms with Gasteiger partial charge in [0, 0.05) is 6.54 Å². The Bertz CT molecular complexity index is 1350. The summed E-state index contributed by atoms with van der Waals surface area (Å²) in [7, 11) is 0. The Kier molecular flexibility index (Phi) is 5.40. The zero-order valence-corrected chi connectivity index (χ0v) is 18.3. The van der Waals surface area contributed by atoms with Crippen molar-refractivity contribution in [2.75, 3.05) is 17.6 Å². The number of aromatic amines is 1. The fourth-order valence-electron chi connectivity index (χ4n) is 3.50. The van der Waals surface area contributed by atoms with Crippen molar-refractivity contribution in [3.05, 3.63) is 58.1 Å². The molecule has 32 heavy (non-hydrogen) atoms. The van der Waals surface area contributed by atoms with Gasteiger partial charge in [-0.3, -0.25) is 9.78 Å². The molecule has 0 amide bonds. The van der Waals surface area contributed by atoms with Crippen molar-refractivity contribution < 1.29 is 0 Å². The molecule has 164 valence electrons. The van der Waals surface area contributed by atoms with Gasteiger partial charge in [-0.05, 0) is 45.7 Å².